The summed E-state index contributed by atoms with van der Waals surface area (Å²) in [5.41, 5.74) is 0.342. The van der Waals surface area contributed by atoms with Gasteiger partial charge in [-0.25, -0.2) is 0 Å². The number of methoxy groups -OCH3 is 2. The van der Waals surface area contributed by atoms with Gasteiger partial charge in [-0.15, -0.1) is 0 Å². The fourth-order valence-corrected chi connectivity index (χ4v) is 3.46. The van der Waals surface area contributed by atoms with E-state index in [-0.39, 0.29) is 12.2 Å². The van der Waals surface area contributed by atoms with E-state index in [9.17, 15) is 0 Å². The molecule has 20 heavy (non-hydrogen) atoms. The Hall–Kier alpha value is -0.200. The van der Waals surface area contributed by atoms with Crippen LogP contribution < -0.4 is 5.32 Å². The van der Waals surface area contributed by atoms with Crippen LogP contribution in [-0.2, 0) is 14.2 Å². The van der Waals surface area contributed by atoms with E-state index >= 15 is 0 Å². The van der Waals surface area contributed by atoms with E-state index in [1.54, 1.807) is 14.2 Å². The molecule has 2 fully saturated rings. The van der Waals surface area contributed by atoms with Crippen LogP contribution in [0.4, 0.5) is 0 Å². The fraction of sp³-hybridized carbons (Fsp3) is 1.00. The summed E-state index contributed by atoms with van der Waals surface area (Å²) in [6, 6.07) is 0. The number of ether oxygens (including phenoxy) is 3. The molecule has 0 aliphatic carbocycles. The Morgan fingerprint density at radius 3 is 2.25 bits per heavy atom. The van der Waals surface area contributed by atoms with Crippen LogP contribution in [0, 0.1) is 5.41 Å². The average molecular weight is 286 g/mol. The third-order valence-electron chi connectivity index (χ3n) is 4.76. The van der Waals surface area contributed by atoms with Crippen molar-refractivity contribution in [2.45, 2.75) is 32.0 Å². The third kappa shape index (κ3) is 3.92. The average Bonchev–Trinajstić information content (AvgIpc) is 2.88. The van der Waals surface area contributed by atoms with Gasteiger partial charge in [0.25, 0.3) is 0 Å². The molecule has 0 saturated carbocycles. The molecule has 0 amide bonds. The molecule has 2 atom stereocenters. The molecule has 5 heteroatoms. The molecular weight excluding hydrogens is 256 g/mol. The molecule has 0 aromatic rings. The molecule has 2 rings (SSSR count). The smallest absolute Gasteiger partial charge is 0.0971 e. The Balaban J connectivity index is 1.94. The van der Waals surface area contributed by atoms with Crippen molar-refractivity contribution < 1.29 is 14.2 Å². The minimum absolute atomic E-state index is 0.205. The van der Waals surface area contributed by atoms with Crippen LogP contribution in [0.25, 0.3) is 0 Å². The second-order valence-electron chi connectivity index (χ2n) is 6.14. The standard InChI is InChI=1S/C15H30N2O3/c1-4-16-11-15(5-7-20-8-6-15)12-17-9-13(18-2)14(10-17)19-3/h13-14,16H,4-12H2,1-3H3. The maximum Gasteiger partial charge on any atom is 0.0971 e. The molecule has 0 bridgehead atoms. The van der Waals surface area contributed by atoms with E-state index in [0.29, 0.717) is 5.41 Å². The summed E-state index contributed by atoms with van der Waals surface area (Å²) in [5, 5.41) is 3.54. The van der Waals surface area contributed by atoms with Crippen molar-refractivity contribution in [3.05, 3.63) is 0 Å². The molecule has 2 unspecified atom stereocenters. The maximum absolute atomic E-state index is 5.56. The first-order valence-corrected chi connectivity index (χ1v) is 7.79. The molecule has 2 aliphatic heterocycles. The lowest BCUT2D eigenvalue weighted by atomic mass is 9.79. The predicted molar refractivity (Wildman–Crippen MR) is 79.1 cm³/mol. The van der Waals surface area contributed by atoms with Gasteiger partial charge in [0, 0.05) is 53.6 Å². The molecule has 2 aliphatic rings. The monoisotopic (exact) mass is 286 g/mol. The highest BCUT2D eigenvalue weighted by atomic mass is 16.5. The second kappa shape index (κ2) is 7.71. The van der Waals surface area contributed by atoms with Gasteiger partial charge in [0.2, 0.25) is 0 Å². The molecular formula is C15H30N2O3. The molecule has 0 spiro atoms. The number of hydrogen-bond acceptors (Lipinski definition) is 5. The molecule has 2 heterocycles. The lowest BCUT2D eigenvalue weighted by molar-refractivity contribution is -0.00461. The van der Waals surface area contributed by atoms with Crippen molar-refractivity contribution in [1.82, 2.24) is 10.2 Å². The SMILES string of the molecule is CCNCC1(CN2CC(OC)C(OC)C2)CCOCC1. The summed E-state index contributed by atoms with van der Waals surface area (Å²) < 4.78 is 16.6. The highest BCUT2D eigenvalue weighted by Gasteiger charge is 2.39. The maximum atomic E-state index is 5.56. The van der Waals surface area contributed by atoms with Gasteiger partial charge >= 0.3 is 0 Å². The lowest BCUT2D eigenvalue weighted by Gasteiger charge is -2.40. The van der Waals surface area contributed by atoms with E-state index in [1.807, 2.05) is 0 Å². The van der Waals surface area contributed by atoms with Crippen LogP contribution in [0.2, 0.25) is 0 Å². The Labute approximate surface area is 122 Å². The number of rotatable bonds is 7. The Kier molecular flexibility index (Phi) is 6.23. The van der Waals surface area contributed by atoms with Gasteiger partial charge in [0.1, 0.15) is 0 Å². The molecule has 5 nitrogen and oxygen atoms in total. The number of hydrogen-bond donors (Lipinski definition) is 1. The van der Waals surface area contributed by atoms with E-state index in [2.05, 4.69) is 17.1 Å². The van der Waals surface area contributed by atoms with E-state index < -0.39 is 0 Å². The first kappa shape index (κ1) is 16.2. The summed E-state index contributed by atoms with van der Waals surface area (Å²) in [5.74, 6) is 0. The molecule has 0 aromatic carbocycles. The summed E-state index contributed by atoms with van der Waals surface area (Å²) in [6.45, 7) is 9.13. The van der Waals surface area contributed by atoms with Crippen molar-refractivity contribution in [1.29, 1.82) is 0 Å². The zero-order valence-corrected chi connectivity index (χ0v) is 13.2. The Morgan fingerprint density at radius 2 is 1.75 bits per heavy atom. The quantitative estimate of drug-likeness (QED) is 0.748. The minimum atomic E-state index is 0.205. The van der Waals surface area contributed by atoms with E-state index in [0.717, 1.165) is 58.8 Å². The van der Waals surface area contributed by atoms with Crippen molar-refractivity contribution in [2.24, 2.45) is 5.41 Å². The molecule has 1 N–H and O–H groups in total. The Bertz CT molecular complexity index is 270. The predicted octanol–water partition coefficient (Wildman–Crippen LogP) is 0.738. The first-order chi connectivity index (χ1) is 9.73. The zero-order chi connectivity index (χ0) is 14.4. The van der Waals surface area contributed by atoms with Crippen LogP contribution in [-0.4, -0.2) is 77.3 Å². The summed E-state index contributed by atoms with van der Waals surface area (Å²) in [4.78, 5) is 2.50. The van der Waals surface area contributed by atoms with Crippen LogP contribution in [0.5, 0.6) is 0 Å². The van der Waals surface area contributed by atoms with Gasteiger partial charge in [-0.3, -0.25) is 4.90 Å². The van der Waals surface area contributed by atoms with Crippen LogP contribution in [0.1, 0.15) is 19.8 Å². The highest BCUT2D eigenvalue weighted by molar-refractivity contribution is 4.92. The van der Waals surface area contributed by atoms with Crippen LogP contribution in [0.3, 0.4) is 0 Å². The normalized spacial score (nSPS) is 30.8. The number of nitrogens with one attached hydrogen (secondary N) is 1. The van der Waals surface area contributed by atoms with E-state index in [1.165, 1.54) is 0 Å². The summed E-state index contributed by atoms with van der Waals surface area (Å²) in [6.07, 6.45) is 2.70. The zero-order valence-electron chi connectivity index (χ0n) is 13.2. The van der Waals surface area contributed by atoms with Crippen molar-refractivity contribution in [3.63, 3.8) is 0 Å². The molecule has 2 saturated heterocycles. The summed E-state index contributed by atoms with van der Waals surface area (Å²) in [7, 11) is 3.56. The molecule has 0 aromatic heterocycles. The van der Waals surface area contributed by atoms with Crippen LogP contribution in [0.15, 0.2) is 0 Å². The fourth-order valence-electron chi connectivity index (χ4n) is 3.46. The lowest BCUT2D eigenvalue weighted by Crippen LogP contribution is -2.47. The van der Waals surface area contributed by atoms with Crippen molar-refractivity contribution in [3.8, 4) is 0 Å². The number of likely N-dealkylation sites (tertiary alicyclic amines) is 1. The van der Waals surface area contributed by atoms with Crippen LogP contribution >= 0.6 is 0 Å². The summed E-state index contributed by atoms with van der Waals surface area (Å²) >= 11 is 0. The first-order valence-electron chi connectivity index (χ1n) is 7.79. The third-order valence-corrected chi connectivity index (χ3v) is 4.76. The van der Waals surface area contributed by atoms with Crippen molar-refractivity contribution >= 4 is 0 Å². The number of nitrogens with zero attached hydrogens (tertiary/aromatic N) is 1. The van der Waals surface area contributed by atoms with E-state index in [4.69, 9.17) is 14.2 Å². The minimum Gasteiger partial charge on any atom is -0.381 e. The van der Waals surface area contributed by atoms with Crippen molar-refractivity contribution in [2.75, 3.05) is 60.2 Å². The van der Waals surface area contributed by atoms with Gasteiger partial charge < -0.3 is 19.5 Å². The van der Waals surface area contributed by atoms with Gasteiger partial charge in [-0.2, -0.15) is 0 Å². The van der Waals surface area contributed by atoms with Gasteiger partial charge in [-0.05, 0) is 24.8 Å². The van der Waals surface area contributed by atoms with Gasteiger partial charge in [0.15, 0.2) is 0 Å². The molecule has 0 radical (unpaired) electrons. The Morgan fingerprint density at radius 1 is 1.15 bits per heavy atom. The topological polar surface area (TPSA) is 43.0 Å². The van der Waals surface area contributed by atoms with Gasteiger partial charge in [0.05, 0.1) is 12.2 Å². The highest BCUT2D eigenvalue weighted by Crippen LogP contribution is 2.32. The van der Waals surface area contributed by atoms with Gasteiger partial charge in [-0.1, -0.05) is 6.92 Å². The largest absolute Gasteiger partial charge is 0.381 e. The second-order valence-corrected chi connectivity index (χ2v) is 6.14. The molecule has 118 valence electrons.